The van der Waals surface area contributed by atoms with Gasteiger partial charge in [0.25, 0.3) is 0 Å². The molecule has 15 heavy (non-hydrogen) atoms. The molecule has 0 aliphatic rings. The van der Waals surface area contributed by atoms with E-state index in [2.05, 4.69) is 0 Å². The summed E-state index contributed by atoms with van der Waals surface area (Å²) in [6.07, 6.45) is 1.76. The summed E-state index contributed by atoms with van der Waals surface area (Å²) in [5.74, 6) is -0.00758. The third-order valence-corrected chi connectivity index (χ3v) is 6.14. The third kappa shape index (κ3) is 2.12. The van der Waals surface area contributed by atoms with Gasteiger partial charge in [-0.25, -0.2) is 8.42 Å². The molecule has 0 fully saturated rings. The second kappa shape index (κ2) is 4.43. The highest BCUT2D eigenvalue weighted by molar-refractivity contribution is 8.01. The molecule has 0 saturated heterocycles. The number of rotatable bonds is 3. The summed E-state index contributed by atoms with van der Waals surface area (Å²) in [5, 5.41) is 8.77. The highest BCUT2D eigenvalue weighted by Crippen LogP contribution is 2.40. The molecule has 7 heteroatoms. The van der Waals surface area contributed by atoms with Gasteiger partial charge in [0.05, 0.1) is 15.6 Å². The van der Waals surface area contributed by atoms with Crippen LogP contribution in [0.3, 0.4) is 0 Å². The van der Waals surface area contributed by atoms with E-state index in [9.17, 15) is 8.42 Å². The molecular weight excluding hydrogens is 252 g/mol. The molecule has 0 aliphatic heterocycles. The molecule has 0 unspecified atom stereocenters. The predicted molar refractivity (Wildman–Crippen MR) is 63.0 cm³/mol. The van der Waals surface area contributed by atoms with Gasteiger partial charge in [-0.05, 0) is 6.26 Å². The van der Waals surface area contributed by atoms with Crippen LogP contribution in [0.1, 0.15) is 11.8 Å². The van der Waals surface area contributed by atoms with E-state index in [1.54, 1.807) is 13.2 Å². The molecule has 1 rings (SSSR count). The summed E-state index contributed by atoms with van der Waals surface area (Å²) in [7, 11) is -3.35. The maximum absolute atomic E-state index is 11.7. The van der Waals surface area contributed by atoms with Crippen molar-refractivity contribution in [3.63, 3.8) is 0 Å². The Kier molecular flexibility index (Phi) is 3.65. The average Bonchev–Trinajstić information content (AvgIpc) is 2.55. The van der Waals surface area contributed by atoms with Gasteiger partial charge in [0.15, 0.2) is 9.84 Å². The minimum absolute atomic E-state index is 0.00758. The van der Waals surface area contributed by atoms with Crippen molar-refractivity contribution in [3.8, 4) is 6.07 Å². The molecular formula is C8H10N2O2S3. The van der Waals surface area contributed by atoms with Crippen molar-refractivity contribution in [3.05, 3.63) is 4.88 Å². The van der Waals surface area contributed by atoms with Crippen molar-refractivity contribution in [2.45, 2.75) is 16.0 Å². The Balaban J connectivity index is 3.55. The molecule has 0 atom stereocenters. The molecule has 0 radical (unpaired) electrons. The van der Waals surface area contributed by atoms with Crippen LogP contribution < -0.4 is 5.73 Å². The quantitative estimate of drug-likeness (QED) is 0.838. The number of nitrogen functional groups attached to an aromatic ring is 1. The molecule has 0 spiro atoms. The lowest BCUT2D eigenvalue weighted by Crippen LogP contribution is -2.06. The summed E-state index contributed by atoms with van der Waals surface area (Å²) in [5.41, 5.74) is 5.74. The second-order valence-corrected chi connectivity index (χ2v) is 6.99. The Morgan fingerprint density at radius 2 is 2.20 bits per heavy atom. The number of anilines is 1. The Morgan fingerprint density at radius 1 is 1.60 bits per heavy atom. The molecule has 0 aromatic carbocycles. The molecule has 4 nitrogen and oxygen atoms in total. The molecule has 2 N–H and O–H groups in total. The largest absolute Gasteiger partial charge is 0.396 e. The van der Waals surface area contributed by atoms with Crippen LogP contribution in [0, 0.1) is 11.3 Å². The summed E-state index contributed by atoms with van der Waals surface area (Å²) in [4.78, 5) is 0.394. The number of hydrogen-bond donors (Lipinski definition) is 1. The smallest absolute Gasteiger partial charge is 0.182 e. The Hall–Kier alpha value is -0.710. The molecule has 82 valence electrons. The van der Waals surface area contributed by atoms with Crippen LogP contribution in [0.5, 0.6) is 0 Å². The third-order valence-electron chi connectivity index (χ3n) is 1.85. The first kappa shape index (κ1) is 12.4. The first-order valence-electron chi connectivity index (χ1n) is 4.07. The Labute approximate surface area is 97.0 Å². The molecule has 1 aromatic heterocycles. The second-order valence-electron chi connectivity index (χ2n) is 2.68. The maximum Gasteiger partial charge on any atom is 0.182 e. The van der Waals surface area contributed by atoms with Crippen molar-refractivity contribution in [2.24, 2.45) is 0 Å². The van der Waals surface area contributed by atoms with E-state index >= 15 is 0 Å². The molecule has 0 saturated carbocycles. The van der Waals surface area contributed by atoms with E-state index in [1.165, 1.54) is 11.8 Å². The van der Waals surface area contributed by atoms with Gasteiger partial charge in [0, 0.05) is 0 Å². The highest BCUT2D eigenvalue weighted by Gasteiger charge is 2.25. The van der Waals surface area contributed by atoms with Crippen LogP contribution in [-0.2, 0) is 9.84 Å². The zero-order valence-electron chi connectivity index (χ0n) is 8.27. The van der Waals surface area contributed by atoms with Crippen molar-refractivity contribution in [1.29, 1.82) is 5.26 Å². The van der Waals surface area contributed by atoms with E-state index in [-0.39, 0.29) is 21.2 Å². The van der Waals surface area contributed by atoms with E-state index in [0.29, 0.717) is 4.21 Å². The van der Waals surface area contributed by atoms with Crippen molar-refractivity contribution < 1.29 is 8.42 Å². The van der Waals surface area contributed by atoms with Gasteiger partial charge in [-0.15, -0.1) is 23.1 Å². The van der Waals surface area contributed by atoms with E-state index in [1.807, 2.05) is 6.07 Å². The minimum atomic E-state index is -3.35. The normalized spacial score (nSPS) is 11.3. The first-order chi connectivity index (χ1) is 6.97. The fourth-order valence-electron chi connectivity index (χ4n) is 1.06. The lowest BCUT2D eigenvalue weighted by molar-refractivity contribution is 0.596. The number of sulfone groups is 1. The predicted octanol–water partition coefficient (Wildman–Crippen LogP) is 1.72. The Morgan fingerprint density at radius 3 is 2.60 bits per heavy atom. The van der Waals surface area contributed by atoms with Gasteiger partial charge in [-0.3, -0.25) is 0 Å². The van der Waals surface area contributed by atoms with Crippen molar-refractivity contribution >= 4 is 38.6 Å². The van der Waals surface area contributed by atoms with Gasteiger partial charge in [-0.1, -0.05) is 6.92 Å². The van der Waals surface area contributed by atoms with Crippen molar-refractivity contribution in [1.82, 2.24) is 0 Å². The van der Waals surface area contributed by atoms with Crippen LogP contribution in [0.2, 0.25) is 0 Å². The van der Waals surface area contributed by atoms with Gasteiger partial charge < -0.3 is 5.73 Å². The summed E-state index contributed by atoms with van der Waals surface area (Å²) in [6, 6.07) is 1.90. The number of thiophene rings is 1. The number of thioether (sulfide) groups is 1. The van der Waals surface area contributed by atoms with E-state index in [4.69, 9.17) is 11.0 Å². The van der Waals surface area contributed by atoms with Gasteiger partial charge in [0.2, 0.25) is 0 Å². The monoisotopic (exact) mass is 262 g/mol. The summed E-state index contributed by atoms with van der Waals surface area (Å²) < 4.78 is 24.1. The number of nitriles is 1. The van der Waals surface area contributed by atoms with Crippen LogP contribution in [0.4, 0.5) is 5.69 Å². The lowest BCUT2D eigenvalue weighted by atomic mass is 10.4. The number of nitrogens with zero attached hydrogens (tertiary/aromatic N) is 1. The highest BCUT2D eigenvalue weighted by atomic mass is 32.2. The molecule has 1 aromatic rings. The van der Waals surface area contributed by atoms with Gasteiger partial charge in [-0.2, -0.15) is 5.26 Å². The van der Waals surface area contributed by atoms with E-state index < -0.39 is 9.84 Å². The molecule has 1 heterocycles. The fourth-order valence-corrected chi connectivity index (χ4v) is 4.77. The van der Waals surface area contributed by atoms with Crippen molar-refractivity contribution in [2.75, 3.05) is 17.7 Å². The summed E-state index contributed by atoms with van der Waals surface area (Å²) in [6.45, 7) is 1.56. The molecule has 0 aliphatic carbocycles. The topological polar surface area (TPSA) is 84.0 Å². The van der Waals surface area contributed by atoms with Gasteiger partial charge >= 0.3 is 0 Å². The van der Waals surface area contributed by atoms with Crippen LogP contribution in [-0.4, -0.2) is 20.4 Å². The van der Waals surface area contributed by atoms with Crippen LogP contribution in [0.15, 0.2) is 9.10 Å². The zero-order chi connectivity index (χ0) is 11.6. The first-order valence-corrected chi connectivity index (χ1v) is 7.76. The molecule has 0 amide bonds. The summed E-state index contributed by atoms with van der Waals surface area (Å²) >= 11 is 2.42. The maximum atomic E-state index is 11.7. The number of nitrogens with two attached hydrogens (primary N) is 1. The number of hydrogen-bond acceptors (Lipinski definition) is 6. The lowest BCUT2D eigenvalue weighted by Gasteiger charge is -2.02. The fraction of sp³-hybridized carbons (Fsp3) is 0.375. The Bertz CT molecular complexity index is 511. The average molecular weight is 262 g/mol. The molecule has 0 bridgehead atoms. The SMILES string of the molecule is CCS(=O)(=O)c1c(SC)sc(C#N)c1N. The van der Waals surface area contributed by atoms with Gasteiger partial charge in [0.1, 0.15) is 15.8 Å². The van der Waals surface area contributed by atoms with Crippen LogP contribution >= 0.6 is 23.1 Å². The van der Waals surface area contributed by atoms with Crippen LogP contribution in [0.25, 0.3) is 0 Å². The minimum Gasteiger partial charge on any atom is -0.396 e. The van der Waals surface area contributed by atoms with E-state index in [0.717, 1.165) is 11.3 Å². The standard InChI is InChI=1S/C8H10N2O2S3/c1-3-15(11,12)7-6(10)5(4-9)14-8(7)13-2/h3,10H2,1-2H3. The zero-order valence-corrected chi connectivity index (χ0v) is 10.7.